The molecule has 5 N–H and O–H groups in total. The zero-order chi connectivity index (χ0) is 10.9. The van der Waals surface area contributed by atoms with Crippen molar-refractivity contribution in [2.75, 3.05) is 11.5 Å². The van der Waals surface area contributed by atoms with E-state index in [9.17, 15) is 10.1 Å². The van der Waals surface area contributed by atoms with Gasteiger partial charge in [0.1, 0.15) is 0 Å². The van der Waals surface area contributed by atoms with E-state index in [1.165, 1.54) is 13.0 Å². The summed E-state index contributed by atoms with van der Waals surface area (Å²) in [6, 6.07) is 1.32. The van der Waals surface area contributed by atoms with Gasteiger partial charge in [-0.15, -0.1) is 0 Å². The quantitative estimate of drug-likeness (QED) is 0.364. The number of nitrogens with zero attached hydrogens (tertiary/aromatic N) is 1. The maximum Gasteiger partial charge on any atom is 0.279 e. The molecule has 0 amide bonds. The molecule has 1 aromatic rings. The fourth-order valence-electron chi connectivity index (χ4n) is 1.29. The Morgan fingerprint density at radius 2 is 2.14 bits per heavy atom. The first kappa shape index (κ1) is 10.3. The van der Waals surface area contributed by atoms with Crippen molar-refractivity contribution in [2.24, 2.45) is 0 Å². The molecular formula is C8H11N3O3. The number of nitro benzene ring substituents is 1. The van der Waals surface area contributed by atoms with Crippen molar-refractivity contribution in [2.45, 2.75) is 13.5 Å². The standard InChI is InChI=1S/C8H11N3O3/c1-4-7(10)6(9)2-5(3-12)8(4)11(13)14/h2,12H,3,9-10H2,1H3. The first-order chi connectivity index (χ1) is 6.49. The predicted octanol–water partition coefficient (Wildman–Crippen LogP) is 0.560. The van der Waals surface area contributed by atoms with Gasteiger partial charge in [-0.05, 0) is 13.0 Å². The second-order valence-corrected chi connectivity index (χ2v) is 2.93. The SMILES string of the molecule is Cc1c(N)c(N)cc(CO)c1[N+](=O)[O-]. The minimum absolute atomic E-state index is 0.167. The molecule has 76 valence electrons. The van der Waals surface area contributed by atoms with Gasteiger partial charge < -0.3 is 16.6 Å². The molecule has 0 radical (unpaired) electrons. The molecule has 0 fully saturated rings. The number of aliphatic hydroxyl groups excluding tert-OH is 1. The van der Waals surface area contributed by atoms with Crippen LogP contribution in [0, 0.1) is 17.0 Å². The molecule has 0 aliphatic rings. The number of aliphatic hydroxyl groups is 1. The van der Waals surface area contributed by atoms with E-state index in [4.69, 9.17) is 16.6 Å². The molecule has 6 nitrogen and oxygen atoms in total. The van der Waals surface area contributed by atoms with Gasteiger partial charge in [0.25, 0.3) is 5.69 Å². The van der Waals surface area contributed by atoms with E-state index in [0.717, 1.165) is 0 Å². The molecular weight excluding hydrogens is 186 g/mol. The fraction of sp³-hybridized carbons (Fsp3) is 0.250. The number of hydrogen-bond donors (Lipinski definition) is 3. The van der Waals surface area contributed by atoms with Crippen molar-refractivity contribution in [1.82, 2.24) is 0 Å². The third kappa shape index (κ3) is 1.47. The van der Waals surface area contributed by atoms with Gasteiger partial charge in [-0.1, -0.05) is 0 Å². The monoisotopic (exact) mass is 197 g/mol. The Labute approximate surface area is 80.3 Å². The summed E-state index contributed by atoms with van der Waals surface area (Å²) in [4.78, 5) is 10.1. The largest absolute Gasteiger partial charge is 0.397 e. The lowest BCUT2D eigenvalue weighted by Gasteiger charge is -2.08. The van der Waals surface area contributed by atoms with Crippen molar-refractivity contribution in [1.29, 1.82) is 0 Å². The van der Waals surface area contributed by atoms with Gasteiger partial charge in [-0.3, -0.25) is 10.1 Å². The molecule has 0 aromatic heterocycles. The van der Waals surface area contributed by atoms with Crippen LogP contribution in [0.4, 0.5) is 17.1 Å². The summed E-state index contributed by atoms with van der Waals surface area (Å²) in [6.07, 6.45) is 0. The third-order valence-electron chi connectivity index (χ3n) is 2.06. The Hall–Kier alpha value is -1.82. The van der Waals surface area contributed by atoms with Crippen LogP contribution in [0.3, 0.4) is 0 Å². The molecule has 6 heteroatoms. The summed E-state index contributed by atoms with van der Waals surface area (Å²) in [5.41, 5.74) is 11.8. The molecule has 0 spiro atoms. The summed E-state index contributed by atoms with van der Waals surface area (Å²) in [5.74, 6) is 0. The van der Waals surface area contributed by atoms with Crippen LogP contribution in [0.5, 0.6) is 0 Å². The zero-order valence-corrected chi connectivity index (χ0v) is 7.65. The number of nitrogen functional groups attached to an aromatic ring is 2. The summed E-state index contributed by atoms with van der Waals surface area (Å²) < 4.78 is 0. The van der Waals surface area contributed by atoms with Crippen LogP contribution >= 0.6 is 0 Å². The van der Waals surface area contributed by atoms with Gasteiger partial charge in [-0.2, -0.15) is 0 Å². The lowest BCUT2D eigenvalue weighted by Crippen LogP contribution is -2.05. The van der Waals surface area contributed by atoms with Crippen molar-refractivity contribution in [3.8, 4) is 0 Å². The highest BCUT2D eigenvalue weighted by atomic mass is 16.6. The van der Waals surface area contributed by atoms with Crippen LogP contribution in [0.2, 0.25) is 0 Å². The van der Waals surface area contributed by atoms with E-state index in [1.54, 1.807) is 0 Å². The molecule has 0 aliphatic heterocycles. The molecule has 0 saturated heterocycles. The van der Waals surface area contributed by atoms with Gasteiger partial charge >= 0.3 is 0 Å². The molecule has 0 unspecified atom stereocenters. The highest BCUT2D eigenvalue weighted by molar-refractivity contribution is 5.74. The number of nitro groups is 1. The number of nitrogens with two attached hydrogens (primary N) is 2. The predicted molar refractivity (Wildman–Crippen MR) is 52.6 cm³/mol. The van der Waals surface area contributed by atoms with Crippen molar-refractivity contribution in [3.05, 3.63) is 27.3 Å². The minimum Gasteiger partial charge on any atom is -0.397 e. The van der Waals surface area contributed by atoms with E-state index in [0.29, 0.717) is 5.56 Å². The Morgan fingerprint density at radius 3 is 2.57 bits per heavy atom. The Balaban J connectivity index is 3.53. The van der Waals surface area contributed by atoms with Crippen LogP contribution in [-0.4, -0.2) is 10.0 Å². The molecule has 1 aromatic carbocycles. The number of benzene rings is 1. The Bertz CT molecular complexity index is 390. The summed E-state index contributed by atoms with van der Waals surface area (Å²) >= 11 is 0. The van der Waals surface area contributed by atoms with E-state index < -0.39 is 11.5 Å². The fourth-order valence-corrected chi connectivity index (χ4v) is 1.29. The average molecular weight is 197 g/mol. The Morgan fingerprint density at radius 1 is 1.57 bits per heavy atom. The van der Waals surface area contributed by atoms with Crippen molar-refractivity contribution < 1.29 is 10.0 Å². The molecule has 0 bridgehead atoms. The molecule has 1 rings (SSSR count). The molecule has 0 atom stereocenters. The zero-order valence-electron chi connectivity index (χ0n) is 7.65. The van der Waals surface area contributed by atoms with Crippen molar-refractivity contribution >= 4 is 17.1 Å². The second kappa shape index (κ2) is 3.51. The Kier molecular flexibility index (Phi) is 2.57. The molecule has 0 heterocycles. The van der Waals surface area contributed by atoms with Crippen molar-refractivity contribution in [3.63, 3.8) is 0 Å². The third-order valence-corrected chi connectivity index (χ3v) is 2.06. The highest BCUT2D eigenvalue weighted by Crippen LogP contribution is 2.32. The normalized spacial score (nSPS) is 10.1. The maximum atomic E-state index is 10.7. The first-order valence-electron chi connectivity index (χ1n) is 3.91. The van der Waals surface area contributed by atoms with E-state index in [-0.39, 0.29) is 22.6 Å². The van der Waals surface area contributed by atoms with Gasteiger partial charge in [0.05, 0.1) is 34.0 Å². The van der Waals surface area contributed by atoms with Gasteiger partial charge in [-0.25, -0.2) is 0 Å². The van der Waals surface area contributed by atoms with E-state index >= 15 is 0 Å². The van der Waals surface area contributed by atoms with Crippen LogP contribution in [0.1, 0.15) is 11.1 Å². The molecule has 14 heavy (non-hydrogen) atoms. The topological polar surface area (TPSA) is 115 Å². The second-order valence-electron chi connectivity index (χ2n) is 2.93. The smallest absolute Gasteiger partial charge is 0.279 e. The highest BCUT2D eigenvalue weighted by Gasteiger charge is 2.20. The van der Waals surface area contributed by atoms with Gasteiger partial charge in [0, 0.05) is 0 Å². The number of rotatable bonds is 2. The lowest BCUT2D eigenvalue weighted by molar-refractivity contribution is -0.386. The van der Waals surface area contributed by atoms with Crippen LogP contribution in [0.15, 0.2) is 6.07 Å². The number of anilines is 2. The number of hydrogen-bond acceptors (Lipinski definition) is 5. The van der Waals surface area contributed by atoms with Crippen LogP contribution in [-0.2, 0) is 6.61 Å². The lowest BCUT2D eigenvalue weighted by atomic mass is 10.1. The molecule has 0 saturated carbocycles. The van der Waals surface area contributed by atoms with Crippen LogP contribution in [0.25, 0.3) is 0 Å². The van der Waals surface area contributed by atoms with E-state index in [2.05, 4.69) is 0 Å². The molecule has 0 aliphatic carbocycles. The first-order valence-corrected chi connectivity index (χ1v) is 3.91. The van der Waals surface area contributed by atoms with Crippen LogP contribution < -0.4 is 11.5 Å². The summed E-state index contributed by atoms with van der Waals surface area (Å²) in [7, 11) is 0. The van der Waals surface area contributed by atoms with E-state index in [1.807, 2.05) is 0 Å². The van der Waals surface area contributed by atoms with Gasteiger partial charge in [0.2, 0.25) is 0 Å². The minimum atomic E-state index is -0.573. The van der Waals surface area contributed by atoms with Gasteiger partial charge in [0.15, 0.2) is 0 Å². The maximum absolute atomic E-state index is 10.7. The average Bonchev–Trinajstić information content (AvgIpc) is 2.12. The summed E-state index contributed by atoms with van der Waals surface area (Å²) in [6.45, 7) is 1.07. The summed E-state index contributed by atoms with van der Waals surface area (Å²) in [5, 5.41) is 19.6.